The summed E-state index contributed by atoms with van der Waals surface area (Å²) < 4.78 is 56.4. The maximum atomic E-state index is 13.8. The summed E-state index contributed by atoms with van der Waals surface area (Å²) in [5.41, 5.74) is 4.13. The number of alkyl halides is 3. The normalized spacial score (nSPS) is 13.9. The maximum Gasteiger partial charge on any atom is 0.423 e. The zero-order chi connectivity index (χ0) is 24.0. The van der Waals surface area contributed by atoms with E-state index in [9.17, 15) is 27.5 Å². The second kappa shape index (κ2) is 8.00. The number of benzene rings is 1. The summed E-state index contributed by atoms with van der Waals surface area (Å²) in [5.74, 6) is -1.16. The van der Waals surface area contributed by atoms with Crippen molar-refractivity contribution in [1.29, 1.82) is 0 Å². The van der Waals surface area contributed by atoms with Crippen LogP contribution in [0.3, 0.4) is 0 Å². The van der Waals surface area contributed by atoms with Gasteiger partial charge in [-0.25, -0.2) is 9.07 Å². The molecular formula is C22H19F4N5O2. The van der Waals surface area contributed by atoms with Gasteiger partial charge in [-0.2, -0.15) is 13.2 Å². The van der Waals surface area contributed by atoms with Crippen LogP contribution in [0.2, 0.25) is 0 Å². The average Bonchev–Trinajstić information content (AvgIpc) is 3.37. The number of nitrogens with zero attached hydrogens (tertiary/aromatic N) is 4. The minimum absolute atomic E-state index is 0.0630. The van der Waals surface area contributed by atoms with Crippen LogP contribution in [0, 0.1) is 5.82 Å². The fourth-order valence-electron chi connectivity index (χ4n) is 3.72. The second-order valence-electron chi connectivity index (χ2n) is 7.62. The van der Waals surface area contributed by atoms with Crippen LogP contribution in [0.4, 0.5) is 17.6 Å². The summed E-state index contributed by atoms with van der Waals surface area (Å²) in [6.07, 6.45) is -2.81. The highest BCUT2D eigenvalue weighted by molar-refractivity contribution is 6.01. The van der Waals surface area contributed by atoms with E-state index in [4.69, 9.17) is 5.73 Å². The molecule has 7 nitrogen and oxygen atoms in total. The van der Waals surface area contributed by atoms with Gasteiger partial charge in [-0.3, -0.25) is 4.79 Å². The highest BCUT2D eigenvalue weighted by Gasteiger charge is 2.55. The molecule has 1 unspecified atom stereocenters. The molecule has 3 heterocycles. The van der Waals surface area contributed by atoms with Gasteiger partial charge in [-0.1, -0.05) is 24.3 Å². The smallest absolute Gasteiger partial charge is 0.375 e. The number of nitrogens with two attached hydrogens (primary N) is 1. The Morgan fingerprint density at radius 3 is 2.58 bits per heavy atom. The molecule has 33 heavy (non-hydrogen) atoms. The van der Waals surface area contributed by atoms with Gasteiger partial charge in [-0.15, -0.1) is 5.10 Å². The molecule has 3 N–H and O–H groups in total. The van der Waals surface area contributed by atoms with Gasteiger partial charge in [0.15, 0.2) is 0 Å². The van der Waals surface area contributed by atoms with E-state index in [0.29, 0.717) is 22.3 Å². The van der Waals surface area contributed by atoms with E-state index in [-0.39, 0.29) is 12.1 Å². The zero-order valence-corrected chi connectivity index (χ0v) is 17.3. The Morgan fingerprint density at radius 1 is 1.18 bits per heavy atom. The number of hydrogen-bond acceptors (Lipinski definition) is 4. The van der Waals surface area contributed by atoms with Crippen molar-refractivity contribution in [3.63, 3.8) is 0 Å². The molecule has 0 saturated heterocycles. The van der Waals surface area contributed by atoms with Crippen molar-refractivity contribution in [2.24, 2.45) is 5.73 Å². The summed E-state index contributed by atoms with van der Waals surface area (Å²) in [5, 5.41) is 17.3. The van der Waals surface area contributed by atoms with Crippen LogP contribution in [0.1, 0.15) is 35.0 Å². The number of carbonyl (C=O) groups is 1. The maximum absolute atomic E-state index is 13.8. The van der Waals surface area contributed by atoms with Gasteiger partial charge < -0.3 is 15.2 Å². The van der Waals surface area contributed by atoms with Crippen molar-refractivity contribution in [3.8, 4) is 11.3 Å². The first-order chi connectivity index (χ1) is 15.5. The molecule has 0 fully saturated rings. The number of aliphatic hydroxyl groups is 1. The lowest BCUT2D eigenvalue weighted by atomic mass is 9.96. The fraction of sp³-hybridized carbons (Fsp3) is 0.227. The number of rotatable bonds is 6. The van der Waals surface area contributed by atoms with Crippen LogP contribution >= 0.6 is 0 Å². The molecule has 0 saturated carbocycles. The molecule has 172 valence electrons. The van der Waals surface area contributed by atoms with E-state index >= 15 is 0 Å². The Hall–Kier alpha value is -3.73. The third kappa shape index (κ3) is 3.95. The standard InChI is InChI=1S/C22H19F4N5O2/c1-2-21(33,22(24,25)26)18-12-30(29-28-18)11-13-6-7-31-16(8-13)10-17(20(27)32)19(31)14-4-3-5-15(23)9-14/h3-10,12,33H,2,11H2,1H3,(H2,27,32). The van der Waals surface area contributed by atoms with Crippen LogP contribution in [0.5, 0.6) is 0 Å². The van der Waals surface area contributed by atoms with Crippen molar-refractivity contribution in [3.05, 3.63) is 77.5 Å². The fourth-order valence-corrected chi connectivity index (χ4v) is 3.72. The molecule has 0 aliphatic carbocycles. The van der Waals surface area contributed by atoms with Crippen molar-refractivity contribution < 1.29 is 27.5 Å². The molecule has 1 atom stereocenters. The topological polar surface area (TPSA) is 98.4 Å². The van der Waals surface area contributed by atoms with E-state index < -0.39 is 35.6 Å². The summed E-state index contributed by atoms with van der Waals surface area (Å²) in [7, 11) is 0. The first kappa shape index (κ1) is 22.5. The lowest BCUT2D eigenvalue weighted by Crippen LogP contribution is -2.42. The van der Waals surface area contributed by atoms with Gasteiger partial charge in [0.1, 0.15) is 11.5 Å². The van der Waals surface area contributed by atoms with Crippen LogP contribution < -0.4 is 5.73 Å². The lowest BCUT2D eigenvalue weighted by Gasteiger charge is -2.26. The molecule has 0 radical (unpaired) electrons. The summed E-state index contributed by atoms with van der Waals surface area (Å²) in [4.78, 5) is 12.0. The van der Waals surface area contributed by atoms with Gasteiger partial charge >= 0.3 is 6.18 Å². The molecule has 4 rings (SSSR count). The van der Waals surface area contributed by atoms with Crippen LogP contribution in [-0.4, -0.2) is 36.6 Å². The van der Waals surface area contributed by atoms with Crippen molar-refractivity contribution in [2.45, 2.75) is 31.7 Å². The van der Waals surface area contributed by atoms with Gasteiger partial charge in [0.2, 0.25) is 5.60 Å². The molecule has 1 amide bonds. The van der Waals surface area contributed by atoms with Gasteiger partial charge in [0.05, 0.1) is 24.0 Å². The number of aromatic nitrogens is 4. The van der Waals surface area contributed by atoms with Crippen molar-refractivity contribution >= 4 is 11.4 Å². The Labute approximate surface area is 185 Å². The van der Waals surface area contributed by atoms with E-state index in [1.807, 2.05) is 0 Å². The van der Waals surface area contributed by atoms with E-state index in [1.165, 1.54) is 29.8 Å². The molecule has 0 aliphatic heterocycles. The summed E-state index contributed by atoms with van der Waals surface area (Å²) >= 11 is 0. The quantitative estimate of drug-likeness (QED) is 0.429. The zero-order valence-electron chi connectivity index (χ0n) is 17.3. The number of amides is 1. The summed E-state index contributed by atoms with van der Waals surface area (Å²) in [6.45, 7) is 1.27. The SMILES string of the molecule is CCC(O)(c1cn(Cc2ccn3c(-c4cccc(F)c4)c(C(N)=O)cc3c2)nn1)C(F)(F)F. The second-order valence-corrected chi connectivity index (χ2v) is 7.62. The Balaban J connectivity index is 1.71. The van der Waals surface area contributed by atoms with E-state index in [1.54, 1.807) is 34.9 Å². The molecular weight excluding hydrogens is 442 g/mol. The highest BCUT2D eigenvalue weighted by atomic mass is 19.4. The predicted molar refractivity (Wildman–Crippen MR) is 111 cm³/mol. The van der Waals surface area contributed by atoms with Crippen molar-refractivity contribution in [2.75, 3.05) is 0 Å². The monoisotopic (exact) mass is 461 g/mol. The summed E-state index contributed by atoms with van der Waals surface area (Å²) in [6, 6.07) is 10.7. The first-order valence-corrected chi connectivity index (χ1v) is 9.93. The average molecular weight is 461 g/mol. The minimum Gasteiger partial charge on any atom is -0.375 e. The van der Waals surface area contributed by atoms with Gasteiger partial charge in [0, 0.05) is 17.3 Å². The minimum atomic E-state index is -4.90. The number of hydrogen-bond donors (Lipinski definition) is 2. The number of halogens is 4. The first-order valence-electron chi connectivity index (χ1n) is 9.93. The van der Waals surface area contributed by atoms with Gasteiger partial charge in [-0.05, 0) is 42.3 Å². The molecule has 0 spiro atoms. The van der Waals surface area contributed by atoms with Gasteiger partial charge in [0.25, 0.3) is 5.91 Å². The third-order valence-electron chi connectivity index (χ3n) is 5.49. The Bertz CT molecular complexity index is 1340. The molecule has 0 bridgehead atoms. The molecule has 0 aliphatic rings. The Kier molecular flexibility index (Phi) is 5.44. The van der Waals surface area contributed by atoms with E-state index in [2.05, 4.69) is 10.3 Å². The predicted octanol–water partition coefficient (Wildman–Crippen LogP) is 3.64. The van der Waals surface area contributed by atoms with Crippen LogP contribution in [0.15, 0.2) is 54.9 Å². The number of primary amides is 1. The lowest BCUT2D eigenvalue weighted by molar-refractivity contribution is -0.269. The van der Waals surface area contributed by atoms with Crippen LogP contribution in [-0.2, 0) is 12.1 Å². The number of pyridine rings is 1. The van der Waals surface area contributed by atoms with Crippen molar-refractivity contribution in [1.82, 2.24) is 19.4 Å². The molecule has 3 aromatic heterocycles. The number of carbonyl (C=O) groups excluding carboxylic acids is 1. The highest BCUT2D eigenvalue weighted by Crippen LogP contribution is 2.40. The Morgan fingerprint density at radius 2 is 1.94 bits per heavy atom. The number of fused-ring (bicyclic) bond motifs is 1. The van der Waals surface area contributed by atoms with Crippen LogP contribution in [0.25, 0.3) is 16.8 Å². The molecule has 1 aromatic carbocycles. The molecule has 11 heteroatoms. The largest absolute Gasteiger partial charge is 0.423 e. The molecule has 4 aromatic rings. The third-order valence-corrected chi connectivity index (χ3v) is 5.49. The van der Waals surface area contributed by atoms with E-state index in [0.717, 1.165) is 6.20 Å².